The summed E-state index contributed by atoms with van der Waals surface area (Å²) in [5.41, 5.74) is 1.23. The van der Waals surface area contributed by atoms with Crippen LogP contribution in [0.3, 0.4) is 0 Å². The van der Waals surface area contributed by atoms with Crippen molar-refractivity contribution in [3.63, 3.8) is 0 Å². The summed E-state index contributed by atoms with van der Waals surface area (Å²) >= 11 is 0. The average molecular weight is 167 g/mol. The molecule has 0 atom stereocenters. The molecule has 0 radical (unpaired) electrons. The molecule has 0 aromatic carbocycles. The molecule has 1 heterocycles. The van der Waals surface area contributed by atoms with Crippen molar-refractivity contribution in [3.8, 4) is 0 Å². The lowest BCUT2D eigenvalue weighted by Crippen LogP contribution is -2.18. The van der Waals surface area contributed by atoms with Gasteiger partial charge in [-0.15, -0.1) is 0 Å². The van der Waals surface area contributed by atoms with Crippen LogP contribution in [-0.4, -0.2) is 6.54 Å². The lowest BCUT2D eigenvalue weighted by atomic mass is 10.2. The maximum Gasteiger partial charge on any atom is 0.101 e. The molecule has 68 valence electrons. The quantitative estimate of drug-likeness (QED) is 0.744. The number of aryl methyl sites for hydroxylation is 1. The Bertz CT molecular complexity index is 227. The molecule has 1 N–H and O–H groups in total. The van der Waals surface area contributed by atoms with E-state index in [4.69, 9.17) is 4.42 Å². The lowest BCUT2D eigenvalue weighted by Gasteiger charge is -2.04. The van der Waals surface area contributed by atoms with Crippen molar-refractivity contribution >= 4 is 0 Å². The van der Waals surface area contributed by atoms with Gasteiger partial charge in [0.2, 0.25) is 0 Å². The highest BCUT2D eigenvalue weighted by Gasteiger charge is 1.97. The van der Waals surface area contributed by atoms with Gasteiger partial charge < -0.3 is 9.73 Å². The van der Waals surface area contributed by atoms with Crippen molar-refractivity contribution < 1.29 is 4.42 Å². The van der Waals surface area contributed by atoms with E-state index in [-0.39, 0.29) is 0 Å². The van der Waals surface area contributed by atoms with Gasteiger partial charge in [0.05, 0.1) is 6.26 Å². The first-order valence-electron chi connectivity index (χ1n) is 4.43. The van der Waals surface area contributed by atoms with Crippen LogP contribution in [-0.2, 0) is 6.54 Å². The van der Waals surface area contributed by atoms with Gasteiger partial charge in [0.25, 0.3) is 0 Å². The maximum atomic E-state index is 5.18. The summed E-state index contributed by atoms with van der Waals surface area (Å²) in [6.45, 7) is 8.34. The molecular weight excluding hydrogens is 150 g/mol. The molecule has 2 nitrogen and oxygen atoms in total. The Balaban J connectivity index is 2.24. The molecule has 0 bridgehead atoms. The summed E-state index contributed by atoms with van der Waals surface area (Å²) in [6, 6.07) is 2.06. The highest BCUT2D eigenvalue weighted by atomic mass is 16.3. The van der Waals surface area contributed by atoms with E-state index in [0.29, 0.717) is 5.92 Å². The van der Waals surface area contributed by atoms with Crippen molar-refractivity contribution in [2.75, 3.05) is 6.54 Å². The Morgan fingerprint density at radius 2 is 2.25 bits per heavy atom. The van der Waals surface area contributed by atoms with Gasteiger partial charge in [0.15, 0.2) is 0 Å². The zero-order valence-corrected chi connectivity index (χ0v) is 8.05. The second kappa shape index (κ2) is 4.31. The number of nitrogens with one attached hydrogen (secondary N) is 1. The van der Waals surface area contributed by atoms with Gasteiger partial charge in [-0.05, 0) is 25.5 Å². The highest BCUT2D eigenvalue weighted by molar-refractivity contribution is 5.10. The molecule has 1 aromatic heterocycles. The minimum Gasteiger partial charge on any atom is -0.469 e. The van der Waals surface area contributed by atoms with Gasteiger partial charge >= 0.3 is 0 Å². The Kier molecular flexibility index (Phi) is 3.35. The van der Waals surface area contributed by atoms with Gasteiger partial charge in [-0.1, -0.05) is 13.8 Å². The smallest absolute Gasteiger partial charge is 0.101 e. The van der Waals surface area contributed by atoms with Crippen LogP contribution < -0.4 is 5.32 Å². The predicted octanol–water partition coefficient (Wildman–Crippen LogP) is 2.33. The second-order valence-corrected chi connectivity index (χ2v) is 3.59. The molecule has 0 aliphatic rings. The lowest BCUT2D eigenvalue weighted by molar-refractivity contribution is 0.523. The van der Waals surface area contributed by atoms with Crippen molar-refractivity contribution in [2.24, 2.45) is 5.92 Å². The molecule has 0 aliphatic carbocycles. The Hall–Kier alpha value is -0.760. The Labute approximate surface area is 74.0 Å². The molecule has 0 saturated heterocycles. The van der Waals surface area contributed by atoms with Crippen LogP contribution in [0.4, 0.5) is 0 Å². The highest BCUT2D eigenvalue weighted by Crippen LogP contribution is 2.05. The third-order valence-corrected chi connectivity index (χ3v) is 1.67. The van der Waals surface area contributed by atoms with Crippen LogP contribution in [0.15, 0.2) is 16.7 Å². The first kappa shape index (κ1) is 9.33. The SMILES string of the molecule is Cc1cc(CNCC(C)C)co1. The zero-order valence-electron chi connectivity index (χ0n) is 8.05. The Morgan fingerprint density at radius 1 is 1.50 bits per heavy atom. The Morgan fingerprint density at radius 3 is 2.75 bits per heavy atom. The van der Waals surface area contributed by atoms with E-state index >= 15 is 0 Å². The summed E-state index contributed by atoms with van der Waals surface area (Å²) in [7, 11) is 0. The molecule has 1 aromatic rings. The zero-order chi connectivity index (χ0) is 8.97. The fourth-order valence-corrected chi connectivity index (χ4v) is 1.10. The average Bonchev–Trinajstić information content (AvgIpc) is 2.35. The molecule has 2 heteroatoms. The number of furan rings is 1. The molecule has 0 unspecified atom stereocenters. The van der Waals surface area contributed by atoms with E-state index in [0.717, 1.165) is 18.8 Å². The fraction of sp³-hybridized carbons (Fsp3) is 0.600. The molecule has 0 saturated carbocycles. The van der Waals surface area contributed by atoms with Crippen LogP contribution in [0.1, 0.15) is 25.2 Å². The summed E-state index contributed by atoms with van der Waals surface area (Å²) in [5.74, 6) is 1.69. The van der Waals surface area contributed by atoms with Gasteiger partial charge in [-0.25, -0.2) is 0 Å². The standard InChI is InChI=1S/C10H17NO/c1-8(2)5-11-6-10-4-9(3)12-7-10/h4,7-8,11H,5-6H2,1-3H3. The van der Waals surface area contributed by atoms with E-state index in [1.54, 1.807) is 0 Å². The van der Waals surface area contributed by atoms with Gasteiger partial charge in [0, 0.05) is 12.1 Å². The molecule has 0 fully saturated rings. The van der Waals surface area contributed by atoms with Crippen LogP contribution >= 0.6 is 0 Å². The van der Waals surface area contributed by atoms with Gasteiger partial charge in [-0.2, -0.15) is 0 Å². The van der Waals surface area contributed by atoms with Crippen molar-refractivity contribution in [1.82, 2.24) is 5.32 Å². The molecule has 0 amide bonds. The first-order valence-corrected chi connectivity index (χ1v) is 4.43. The third kappa shape index (κ3) is 3.09. The van der Waals surface area contributed by atoms with E-state index in [2.05, 4.69) is 25.2 Å². The summed E-state index contributed by atoms with van der Waals surface area (Å²) in [5, 5.41) is 3.35. The van der Waals surface area contributed by atoms with Crippen LogP contribution in [0, 0.1) is 12.8 Å². The minimum atomic E-state index is 0.706. The van der Waals surface area contributed by atoms with Crippen molar-refractivity contribution in [2.45, 2.75) is 27.3 Å². The largest absolute Gasteiger partial charge is 0.469 e. The van der Waals surface area contributed by atoms with Crippen molar-refractivity contribution in [1.29, 1.82) is 0 Å². The predicted molar refractivity (Wildman–Crippen MR) is 50.0 cm³/mol. The second-order valence-electron chi connectivity index (χ2n) is 3.59. The maximum absolute atomic E-state index is 5.18. The molecule has 0 aliphatic heterocycles. The number of rotatable bonds is 4. The summed E-state index contributed by atoms with van der Waals surface area (Å²) in [6.07, 6.45) is 1.81. The molecule has 12 heavy (non-hydrogen) atoms. The van der Waals surface area contributed by atoms with E-state index in [9.17, 15) is 0 Å². The van der Waals surface area contributed by atoms with E-state index < -0.39 is 0 Å². The molecule has 0 spiro atoms. The van der Waals surface area contributed by atoms with Crippen LogP contribution in [0.2, 0.25) is 0 Å². The number of hydrogen-bond donors (Lipinski definition) is 1. The molecular formula is C10H17NO. The van der Waals surface area contributed by atoms with Gasteiger partial charge in [-0.3, -0.25) is 0 Å². The topological polar surface area (TPSA) is 25.2 Å². The normalized spacial score (nSPS) is 11.0. The van der Waals surface area contributed by atoms with Gasteiger partial charge in [0.1, 0.15) is 5.76 Å². The monoisotopic (exact) mass is 167 g/mol. The minimum absolute atomic E-state index is 0.706. The first-order chi connectivity index (χ1) is 5.68. The molecule has 1 rings (SSSR count). The van der Waals surface area contributed by atoms with Crippen molar-refractivity contribution in [3.05, 3.63) is 23.7 Å². The number of hydrogen-bond acceptors (Lipinski definition) is 2. The summed E-state index contributed by atoms with van der Waals surface area (Å²) in [4.78, 5) is 0. The van der Waals surface area contributed by atoms with E-state index in [1.165, 1.54) is 5.56 Å². The summed E-state index contributed by atoms with van der Waals surface area (Å²) < 4.78 is 5.18. The van der Waals surface area contributed by atoms with E-state index in [1.807, 2.05) is 13.2 Å². The fourth-order valence-electron chi connectivity index (χ4n) is 1.10. The third-order valence-electron chi connectivity index (χ3n) is 1.67. The van der Waals surface area contributed by atoms with Crippen LogP contribution in [0.5, 0.6) is 0 Å². The van der Waals surface area contributed by atoms with Crippen LogP contribution in [0.25, 0.3) is 0 Å².